The van der Waals surface area contributed by atoms with Crippen molar-refractivity contribution in [2.24, 2.45) is 0 Å². The van der Waals surface area contributed by atoms with E-state index in [0.29, 0.717) is 13.2 Å². The molecule has 0 aliphatic rings. The maximum absolute atomic E-state index is 8.78. The summed E-state index contributed by atoms with van der Waals surface area (Å²) in [7, 11) is 1.68. The number of methoxy groups -OCH3 is 1. The number of nitrogens with one attached hydrogen (secondary N) is 1. The minimum Gasteiger partial charge on any atom is -0.476 e. The minimum absolute atomic E-state index is 0.439. The van der Waals surface area contributed by atoms with Crippen LogP contribution in [0.3, 0.4) is 0 Å². The third-order valence-electron chi connectivity index (χ3n) is 2.50. The molecule has 1 aromatic carbocycles. The summed E-state index contributed by atoms with van der Waals surface area (Å²) < 4.78 is 10.6. The lowest BCUT2D eigenvalue weighted by atomic mass is 10.1. The average molecular weight is 248 g/mol. The van der Waals surface area contributed by atoms with Gasteiger partial charge >= 0.3 is 0 Å². The maximum atomic E-state index is 8.78. The Morgan fingerprint density at radius 1 is 1.44 bits per heavy atom. The minimum atomic E-state index is -0.439. The highest BCUT2D eigenvalue weighted by Crippen LogP contribution is 2.21. The summed E-state index contributed by atoms with van der Waals surface area (Å²) in [4.78, 5) is 0. The van der Waals surface area contributed by atoms with Crippen molar-refractivity contribution < 1.29 is 9.47 Å². The van der Waals surface area contributed by atoms with E-state index in [1.165, 1.54) is 5.56 Å². The molecule has 1 aromatic rings. The van der Waals surface area contributed by atoms with Gasteiger partial charge in [0.15, 0.2) is 6.10 Å². The van der Waals surface area contributed by atoms with Crippen LogP contribution in [0.1, 0.15) is 18.1 Å². The van der Waals surface area contributed by atoms with Gasteiger partial charge in [-0.05, 0) is 19.9 Å². The van der Waals surface area contributed by atoms with Crippen molar-refractivity contribution in [3.05, 3.63) is 29.3 Å². The molecule has 0 heterocycles. The first kappa shape index (κ1) is 14.5. The molecule has 0 aliphatic heterocycles. The second-order valence-electron chi connectivity index (χ2n) is 4.17. The largest absolute Gasteiger partial charge is 0.476 e. The summed E-state index contributed by atoms with van der Waals surface area (Å²) in [5.41, 5.74) is 2.24. The average Bonchev–Trinajstić information content (AvgIpc) is 2.37. The Hall–Kier alpha value is -1.57. The number of hydrogen-bond acceptors (Lipinski definition) is 4. The quantitative estimate of drug-likeness (QED) is 0.750. The van der Waals surface area contributed by atoms with Crippen molar-refractivity contribution in [1.29, 1.82) is 5.26 Å². The van der Waals surface area contributed by atoms with Gasteiger partial charge < -0.3 is 14.8 Å². The summed E-state index contributed by atoms with van der Waals surface area (Å²) in [6.45, 7) is 5.95. The van der Waals surface area contributed by atoms with Crippen LogP contribution < -0.4 is 10.1 Å². The molecule has 1 N–H and O–H groups in total. The van der Waals surface area contributed by atoms with Gasteiger partial charge in [0.2, 0.25) is 0 Å². The number of ether oxygens (including phenoxy) is 2. The Labute approximate surface area is 109 Å². The standard InChI is InChI=1S/C14H20N2O2/c1-11-4-5-14(18-12(2)9-15)13(8-11)10-16-6-7-17-3/h4-5,8,12,16H,6-7,10H2,1-3H3. The lowest BCUT2D eigenvalue weighted by molar-refractivity contribution is 0.199. The van der Waals surface area contributed by atoms with Crippen LogP contribution in [-0.4, -0.2) is 26.4 Å². The SMILES string of the molecule is COCCNCc1cc(C)ccc1OC(C)C#N. The zero-order valence-electron chi connectivity index (χ0n) is 11.2. The van der Waals surface area contributed by atoms with Crippen molar-refractivity contribution in [3.8, 4) is 11.8 Å². The van der Waals surface area contributed by atoms with Crippen LogP contribution in [0.25, 0.3) is 0 Å². The van der Waals surface area contributed by atoms with Gasteiger partial charge in [0.1, 0.15) is 11.8 Å². The van der Waals surface area contributed by atoms with Crippen molar-refractivity contribution in [3.63, 3.8) is 0 Å². The molecule has 0 fully saturated rings. The lowest BCUT2D eigenvalue weighted by Crippen LogP contribution is -2.20. The fourth-order valence-corrected chi connectivity index (χ4v) is 1.58. The lowest BCUT2D eigenvalue weighted by Gasteiger charge is -2.14. The van der Waals surface area contributed by atoms with Crippen molar-refractivity contribution in [1.82, 2.24) is 5.32 Å². The Bertz CT molecular complexity index is 413. The summed E-state index contributed by atoms with van der Waals surface area (Å²) in [5.74, 6) is 0.763. The van der Waals surface area contributed by atoms with Crippen LogP contribution in [0.2, 0.25) is 0 Å². The summed E-state index contributed by atoms with van der Waals surface area (Å²) in [5, 5.41) is 12.1. The molecule has 0 radical (unpaired) electrons. The number of aryl methyl sites for hydroxylation is 1. The Balaban J connectivity index is 2.68. The van der Waals surface area contributed by atoms with Crippen LogP contribution >= 0.6 is 0 Å². The Morgan fingerprint density at radius 3 is 2.89 bits per heavy atom. The van der Waals surface area contributed by atoms with Crippen molar-refractivity contribution in [2.45, 2.75) is 26.5 Å². The highest BCUT2D eigenvalue weighted by molar-refractivity contribution is 5.37. The molecule has 98 valence electrons. The number of nitrogens with zero attached hydrogens (tertiary/aromatic N) is 1. The van der Waals surface area contributed by atoms with Crippen molar-refractivity contribution in [2.75, 3.05) is 20.3 Å². The van der Waals surface area contributed by atoms with Gasteiger partial charge in [-0.2, -0.15) is 5.26 Å². The highest BCUT2D eigenvalue weighted by atomic mass is 16.5. The van der Waals surface area contributed by atoms with Gasteiger partial charge in [-0.3, -0.25) is 0 Å². The Morgan fingerprint density at radius 2 is 2.22 bits per heavy atom. The molecule has 18 heavy (non-hydrogen) atoms. The monoisotopic (exact) mass is 248 g/mol. The van der Waals surface area contributed by atoms with Gasteiger partial charge in [-0.1, -0.05) is 17.7 Å². The third kappa shape index (κ3) is 4.74. The molecular weight excluding hydrogens is 228 g/mol. The Kier molecular flexibility index (Phi) is 6.20. The van der Waals surface area contributed by atoms with E-state index in [0.717, 1.165) is 17.9 Å². The van der Waals surface area contributed by atoms with E-state index in [-0.39, 0.29) is 0 Å². The highest BCUT2D eigenvalue weighted by Gasteiger charge is 2.07. The molecule has 1 atom stereocenters. The van der Waals surface area contributed by atoms with E-state index in [1.54, 1.807) is 14.0 Å². The van der Waals surface area contributed by atoms with E-state index in [2.05, 4.69) is 17.5 Å². The molecule has 4 heteroatoms. The molecule has 0 spiro atoms. The van der Waals surface area contributed by atoms with Crippen molar-refractivity contribution >= 4 is 0 Å². The molecular formula is C14H20N2O2. The van der Waals surface area contributed by atoms with Crippen LogP contribution in [-0.2, 0) is 11.3 Å². The molecule has 0 aromatic heterocycles. The third-order valence-corrected chi connectivity index (χ3v) is 2.50. The summed E-state index contributed by atoms with van der Waals surface area (Å²) >= 11 is 0. The molecule has 0 aliphatic carbocycles. The topological polar surface area (TPSA) is 54.3 Å². The molecule has 0 bridgehead atoms. The van der Waals surface area contributed by atoms with Crippen LogP contribution in [0, 0.1) is 18.3 Å². The first-order valence-electron chi connectivity index (χ1n) is 6.03. The zero-order chi connectivity index (χ0) is 13.4. The van der Waals surface area contributed by atoms with Gasteiger partial charge in [0.25, 0.3) is 0 Å². The van der Waals surface area contributed by atoms with E-state index < -0.39 is 6.10 Å². The predicted octanol–water partition coefficient (Wildman–Crippen LogP) is 2.02. The zero-order valence-corrected chi connectivity index (χ0v) is 11.2. The second kappa shape index (κ2) is 7.70. The molecule has 1 rings (SSSR count). The van der Waals surface area contributed by atoms with E-state index in [4.69, 9.17) is 14.7 Å². The van der Waals surface area contributed by atoms with E-state index in [9.17, 15) is 0 Å². The number of hydrogen-bond donors (Lipinski definition) is 1. The van der Waals surface area contributed by atoms with E-state index >= 15 is 0 Å². The van der Waals surface area contributed by atoms with Gasteiger partial charge in [0.05, 0.1) is 6.61 Å². The first-order chi connectivity index (χ1) is 8.67. The summed E-state index contributed by atoms with van der Waals surface area (Å²) in [6.07, 6.45) is -0.439. The van der Waals surface area contributed by atoms with Gasteiger partial charge in [-0.15, -0.1) is 0 Å². The van der Waals surface area contributed by atoms with Crippen LogP contribution in [0.15, 0.2) is 18.2 Å². The number of rotatable bonds is 7. The van der Waals surface area contributed by atoms with Crippen LogP contribution in [0.5, 0.6) is 5.75 Å². The summed E-state index contributed by atoms with van der Waals surface area (Å²) in [6, 6.07) is 8.04. The van der Waals surface area contributed by atoms with Gasteiger partial charge in [-0.25, -0.2) is 0 Å². The molecule has 0 saturated heterocycles. The normalized spacial score (nSPS) is 11.9. The van der Waals surface area contributed by atoms with Gasteiger partial charge in [0, 0.05) is 25.8 Å². The molecule has 0 amide bonds. The van der Waals surface area contributed by atoms with Crippen LogP contribution in [0.4, 0.5) is 0 Å². The second-order valence-corrected chi connectivity index (χ2v) is 4.17. The molecule has 0 saturated carbocycles. The fourth-order valence-electron chi connectivity index (χ4n) is 1.58. The van der Waals surface area contributed by atoms with E-state index in [1.807, 2.05) is 19.1 Å². The number of benzene rings is 1. The fraction of sp³-hybridized carbons (Fsp3) is 0.500. The molecule has 1 unspecified atom stereocenters. The maximum Gasteiger partial charge on any atom is 0.181 e. The first-order valence-corrected chi connectivity index (χ1v) is 6.03. The predicted molar refractivity (Wildman–Crippen MR) is 70.5 cm³/mol. The molecule has 4 nitrogen and oxygen atoms in total. The number of nitriles is 1. The smallest absolute Gasteiger partial charge is 0.181 e.